The summed E-state index contributed by atoms with van der Waals surface area (Å²) in [6.45, 7) is 3.95. The average molecular weight is 182 g/mol. The molecule has 0 aliphatic carbocycles. The molecule has 0 bridgehead atoms. The largest absolute Gasteiger partial charge is 0.293 e. The highest BCUT2D eigenvalue weighted by molar-refractivity contribution is 6.34. The van der Waals surface area contributed by atoms with E-state index in [2.05, 4.69) is 4.99 Å². The van der Waals surface area contributed by atoms with Gasteiger partial charge in [-0.1, -0.05) is 29.8 Å². The van der Waals surface area contributed by atoms with E-state index in [0.717, 1.165) is 21.9 Å². The summed E-state index contributed by atoms with van der Waals surface area (Å²) in [4.78, 5) is 4.09. The van der Waals surface area contributed by atoms with Crippen molar-refractivity contribution in [2.45, 2.75) is 13.8 Å². The van der Waals surface area contributed by atoms with E-state index >= 15 is 0 Å². The highest BCUT2D eigenvalue weighted by atomic mass is 35.5. The van der Waals surface area contributed by atoms with Crippen LogP contribution in [0.2, 0.25) is 5.02 Å². The Bertz CT molecular complexity index is 316. The molecule has 2 heteroatoms. The van der Waals surface area contributed by atoms with E-state index in [4.69, 9.17) is 11.6 Å². The fraction of sp³-hybridized carbons (Fsp3) is 0.300. The topological polar surface area (TPSA) is 12.4 Å². The van der Waals surface area contributed by atoms with Crippen LogP contribution in [0.3, 0.4) is 0 Å². The van der Waals surface area contributed by atoms with Crippen LogP contribution in [0.15, 0.2) is 23.2 Å². The van der Waals surface area contributed by atoms with Crippen LogP contribution in [-0.2, 0) is 0 Å². The van der Waals surface area contributed by atoms with Crippen molar-refractivity contribution in [2.75, 3.05) is 7.05 Å². The van der Waals surface area contributed by atoms with Crippen molar-refractivity contribution in [3.05, 3.63) is 34.3 Å². The molecule has 1 rings (SSSR count). The van der Waals surface area contributed by atoms with Crippen LogP contribution in [0, 0.1) is 6.92 Å². The van der Waals surface area contributed by atoms with Crippen LogP contribution in [0.25, 0.3) is 0 Å². The van der Waals surface area contributed by atoms with Gasteiger partial charge in [0.1, 0.15) is 0 Å². The maximum atomic E-state index is 6.09. The summed E-state index contributed by atoms with van der Waals surface area (Å²) in [6, 6.07) is 5.97. The number of hydrogen-bond acceptors (Lipinski definition) is 1. The van der Waals surface area contributed by atoms with E-state index in [1.54, 1.807) is 7.05 Å². The molecule has 0 aliphatic heterocycles. The van der Waals surface area contributed by atoms with Gasteiger partial charge in [-0.05, 0) is 19.4 Å². The maximum absolute atomic E-state index is 6.09. The number of aliphatic imine (C=N–C) groups is 1. The maximum Gasteiger partial charge on any atom is 0.0525 e. The number of halogens is 1. The van der Waals surface area contributed by atoms with Gasteiger partial charge in [0.05, 0.1) is 5.02 Å². The monoisotopic (exact) mass is 181 g/mol. The standard InChI is InChI=1S/C10H12ClN/c1-7-5-4-6-9(10(7)11)8(2)12-3/h4-6H,1-3H3. The Labute approximate surface area is 78.1 Å². The Hall–Kier alpha value is -0.820. The molecule has 0 heterocycles. The van der Waals surface area contributed by atoms with Crippen molar-refractivity contribution >= 4 is 17.3 Å². The van der Waals surface area contributed by atoms with Crippen LogP contribution in [0.5, 0.6) is 0 Å². The van der Waals surface area contributed by atoms with Gasteiger partial charge in [0.25, 0.3) is 0 Å². The SMILES string of the molecule is CN=C(C)c1cccc(C)c1Cl. The fourth-order valence-corrected chi connectivity index (χ4v) is 1.31. The second-order valence-corrected chi connectivity index (χ2v) is 3.12. The van der Waals surface area contributed by atoms with Crippen molar-refractivity contribution in [2.24, 2.45) is 4.99 Å². The third-order valence-electron chi connectivity index (χ3n) is 1.92. The summed E-state index contributed by atoms with van der Waals surface area (Å²) in [6.07, 6.45) is 0. The third-order valence-corrected chi connectivity index (χ3v) is 2.42. The summed E-state index contributed by atoms with van der Waals surface area (Å²) in [7, 11) is 1.77. The minimum absolute atomic E-state index is 0.806. The van der Waals surface area contributed by atoms with Gasteiger partial charge in [0.2, 0.25) is 0 Å². The number of rotatable bonds is 1. The minimum Gasteiger partial charge on any atom is -0.293 e. The first kappa shape index (κ1) is 9.27. The number of hydrogen-bond donors (Lipinski definition) is 0. The van der Waals surface area contributed by atoms with E-state index in [-0.39, 0.29) is 0 Å². The number of nitrogens with zero attached hydrogens (tertiary/aromatic N) is 1. The Morgan fingerprint density at radius 2 is 2.08 bits per heavy atom. The van der Waals surface area contributed by atoms with E-state index in [1.807, 2.05) is 32.0 Å². The van der Waals surface area contributed by atoms with Crippen LogP contribution in [0.1, 0.15) is 18.1 Å². The van der Waals surface area contributed by atoms with Crippen LogP contribution >= 0.6 is 11.6 Å². The summed E-state index contributed by atoms with van der Waals surface area (Å²) >= 11 is 6.09. The molecule has 0 spiro atoms. The van der Waals surface area contributed by atoms with E-state index in [9.17, 15) is 0 Å². The number of aryl methyl sites for hydroxylation is 1. The van der Waals surface area contributed by atoms with Gasteiger partial charge in [-0.2, -0.15) is 0 Å². The molecule has 12 heavy (non-hydrogen) atoms. The summed E-state index contributed by atoms with van der Waals surface area (Å²) in [5.41, 5.74) is 3.10. The molecule has 1 aromatic carbocycles. The van der Waals surface area contributed by atoms with E-state index < -0.39 is 0 Å². The molecule has 0 saturated heterocycles. The van der Waals surface area contributed by atoms with Crippen LogP contribution in [-0.4, -0.2) is 12.8 Å². The first-order chi connectivity index (χ1) is 5.66. The molecule has 0 amide bonds. The van der Waals surface area contributed by atoms with Crippen molar-refractivity contribution in [3.63, 3.8) is 0 Å². The molecule has 0 unspecified atom stereocenters. The molecule has 1 aromatic rings. The minimum atomic E-state index is 0.806. The predicted octanol–water partition coefficient (Wildman–Crippen LogP) is 3.09. The first-order valence-corrected chi connectivity index (χ1v) is 4.23. The quantitative estimate of drug-likeness (QED) is 0.591. The molecule has 0 aliphatic rings. The summed E-state index contributed by atoms with van der Waals surface area (Å²) < 4.78 is 0. The molecule has 1 nitrogen and oxygen atoms in total. The Morgan fingerprint density at radius 3 is 2.67 bits per heavy atom. The van der Waals surface area contributed by atoms with Gasteiger partial charge in [-0.25, -0.2) is 0 Å². The van der Waals surface area contributed by atoms with E-state index in [1.165, 1.54) is 0 Å². The lowest BCUT2D eigenvalue weighted by molar-refractivity contribution is 1.39. The zero-order valence-corrected chi connectivity index (χ0v) is 8.31. The molecular formula is C10H12ClN. The molecule has 0 saturated carbocycles. The lowest BCUT2D eigenvalue weighted by Crippen LogP contribution is -1.96. The molecule has 0 fully saturated rings. The van der Waals surface area contributed by atoms with Gasteiger partial charge < -0.3 is 0 Å². The lowest BCUT2D eigenvalue weighted by atomic mass is 10.1. The summed E-state index contributed by atoms with van der Waals surface area (Å²) in [5.74, 6) is 0. The normalized spacial score (nSPS) is 11.8. The van der Waals surface area contributed by atoms with Crippen molar-refractivity contribution < 1.29 is 0 Å². The Morgan fingerprint density at radius 1 is 1.42 bits per heavy atom. The Balaban J connectivity index is 3.26. The van der Waals surface area contributed by atoms with Gasteiger partial charge in [-0.15, -0.1) is 0 Å². The van der Waals surface area contributed by atoms with Gasteiger partial charge in [-0.3, -0.25) is 4.99 Å². The molecule has 64 valence electrons. The number of benzene rings is 1. The molecule has 0 atom stereocenters. The van der Waals surface area contributed by atoms with Crippen molar-refractivity contribution in [1.82, 2.24) is 0 Å². The highest BCUT2D eigenvalue weighted by Crippen LogP contribution is 2.20. The van der Waals surface area contributed by atoms with Crippen molar-refractivity contribution in [1.29, 1.82) is 0 Å². The average Bonchev–Trinajstić information content (AvgIpc) is 2.08. The molecule has 0 radical (unpaired) electrons. The van der Waals surface area contributed by atoms with Crippen molar-refractivity contribution in [3.8, 4) is 0 Å². The molecule has 0 aromatic heterocycles. The molecular weight excluding hydrogens is 170 g/mol. The van der Waals surface area contributed by atoms with Gasteiger partial charge in [0.15, 0.2) is 0 Å². The van der Waals surface area contributed by atoms with Gasteiger partial charge >= 0.3 is 0 Å². The van der Waals surface area contributed by atoms with Crippen LogP contribution in [0.4, 0.5) is 0 Å². The first-order valence-electron chi connectivity index (χ1n) is 3.85. The lowest BCUT2D eigenvalue weighted by Gasteiger charge is -2.04. The van der Waals surface area contributed by atoms with Crippen LogP contribution < -0.4 is 0 Å². The smallest absolute Gasteiger partial charge is 0.0525 e. The second-order valence-electron chi connectivity index (χ2n) is 2.75. The predicted molar refractivity (Wildman–Crippen MR) is 54.3 cm³/mol. The third kappa shape index (κ3) is 1.67. The summed E-state index contributed by atoms with van der Waals surface area (Å²) in [5, 5.41) is 0.806. The zero-order chi connectivity index (χ0) is 9.14. The highest BCUT2D eigenvalue weighted by Gasteiger charge is 2.03. The molecule has 0 N–H and O–H groups in total. The van der Waals surface area contributed by atoms with Gasteiger partial charge in [0, 0.05) is 18.3 Å². The van der Waals surface area contributed by atoms with E-state index in [0.29, 0.717) is 0 Å². The second kappa shape index (κ2) is 3.72. The zero-order valence-electron chi connectivity index (χ0n) is 7.56. The Kier molecular flexibility index (Phi) is 2.88. The fourth-order valence-electron chi connectivity index (χ4n) is 1.05.